The Bertz CT molecular complexity index is 604. The van der Waals surface area contributed by atoms with Gasteiger partial charge in [-0.3, -0.25) is 0 Å². The summed E-state index contributed by atoms with van der Waals surface area (Å²) in [4.78, 5) is 13.9. The molecule has 0 fully saturated rings. The number of aromatic carboxylic acids is 1. The Morgan fingerprint density at radius 1 is 1.44 bits per heavy atom. The number of carboxylic acids is 1. The van der Waals surface area contributed by atoms with Crippen LogP contribution in [0.1, 0.15) is 16.1 Å². The highest BCUT2D eigenvalue weighted by molar-refractivity contribution is 7.80. The zero-order chi connectivity index (χ0) is 11.5. The number of H-pyrrole nitrogens is 1. The lowest BCUT2D eigenvalue weighted by molar-refractivity contribution is 0.0691. The van der Waals surface area contributed by atoms with E-state index in [4.69, 9.17) is 5.11 Å². The van der Waals surface area contributed by atoms with Crippen molar-refractivity contribution in [1.82, 2.24) is 4.98 Å². The lowest BCUT2D eigenvalue weighted by Crippen LogP contribution is -1.98. The van der Waals surface area contributed by atoms with Crippen LogP contribution in [-0.4, -0.2) is 21.8 Å². The molecule has 0 unspecified atom stereocenters. The lowest BCUT2D eigenvalue weighted by Gasteiger charge is -1.90. The minimum atomic E-state index is -1.00. The van der Waals surface area contributed by atoms with Gasteiger partial charge in [-0.2, -0.15) is 12.6 Å². The zero-order valence-electron chi connectivity index (χ0n) is 8.32. The van der Waals surface area contributed by atoms with Crippen molar-refractivity contribution in [3.63, 3.8) is 0 Å². The predicted molar refractivity (Wildman–Crippen MR) is 66.0 cm³/mol. The fraction of sp³-hybridized carbons (Fsp3) is 0.0833. The van der Waals surface area contributed by atoms with Gasteiger partial charge in [-0.25, -0.2) is 4.79 Å². The molecule has 80 valence electrons. The highest BCUT2D eigenvalue weighted by Gasteiger charge is 2.14. The molecule has 1 heterocycles. The lowest BCUT2D eigenvalue weighted by atomic mass is 10.1. The van der Waals surface area contributed by atoms with Gasteiger partial charge in [-0.05, 0) is 6.07 Å². The van der Waals surface area contributed by atoms with Crippen molar-refractivity contribution >= 4 is 29.5 Å². The fourth-order valence-electron chi connectivity index (χ4n) is 1.56. The van der Waals surface area contributed by atoms with E-state index < -0.39 is 5.97 Å². The van der Waals surface area contributed by atoms with Gasteiger partial charge < -0.3 is 10.1 Å². The summed E-state index contributed by atoms with van der Waals surface area (Å²) in [5, 5.41) is 9.88. The summed E-state index contributed by atoms with van der Waals surface area (Å²) in [6, 6.07) is 7.38. The van der Waals surface area contributed by atoms with Crippen LogP contribution in [0.3, 0.4) is 0 Å². The summed E-state index contributed by atoms with van der Waals surface area (Å²) in [6.45, 7) is 0. The Morgan fingerprint density at radius 2 is 2.19 bits per heavy atom. The van der Waals surface area contributed by atoms with Gasteiger partial charge in [0.05, 0.1) is 11.3 Å². The van der Waals surface area contributed by atoms with Crippen molar-refractivity contribution in [3.8, 4) is 11.8 Å². The number of hydrogen-bond acceptors (Lipinski definition) is 2. The Kier molecular flexibility index (Phi) is 2.88. The third kappa shape index (κ3) is 1.77. The van der Waals surface area contributed by atoms with Gasteiger partial charge in [0.15, 0.2) is 0 Å². The molecule has 0 aliphatic heterocycles. The largest absolute Gasteiger partial charge is 0.477 e. The van der Waals surface area contributed by atoms with Crippen LogP contribution in [0, 0.1) is 11.8 Å². The number of carbonyl (C=O) groups is 1. The van der Waals surface area contributed by atoms with Crippen LogP contribution in [0.15, 0.2) is 24.3 Å². The van der Waals surface area contributed by atoms with Crippen molar-refractivity contribution in [3.05, 3.63) is 35.5 Å². The van der Waals surface area contributed by atoms with Crippen LogP contribution < -0.4 is 0 Å². The van der Waals surface area contributed by atoms with Gasteiger partial charge >= 0.3 is 5.97 Å². The normalized spacial score (nSPS) is 9.81. The molecule has 4 heteroatoms. The average molecular weight is 231 g/mol. The van der Waals surface area contributed by atoms with Crippen molar-refractivity contribution in [1.29, 1.82) is 0 Å². The van der Waals surface area contributed by atoms with Crippen molar-refractivity contribution in [2.45, 2.75) is 0 Å². The van der Waals surface area contributed by atoms with E-state index in [9.17, 15) is 4.79 Å². The van der Waals surface area contributed by atoms with Gasteiger partial charge in [0.1, 0.15) is 5.69 Å². The van der Waals surface area contributed by atoms with Crippen LogP contribution in [0.5, 0.6) is 0 Å². The molecule has 3 nitrogen and oxygen atoms in total. The fourth-order valence-corrected chi connectivity index (χ4v) is 1.64. The topological polar surface area (TPSA) is 53.1 Å². The number of benzene rings is 1. The summed E-state index contributed by atoms with van der Waals surface area (Å²) in [6.07, 6.45) is 0. The highest BCUT2D eigenvalue weighted by atomic mass is 32.1. The van der Waals surface area contributed by atoms with E-state index in [2.05, 4.69) is 29.5 Å². The van der Waals surface area contributed by atoms with Gasteiger partial charge in [0, 0.05) is 10.9 Å². The van der Waals surface area contributed by atoms with Crippen molar-refractivity contribution < 1.29 is 9.90 Å². The number of nitrogens with one attached hydrogen (secondary N) is 1. The molecule has 2 rings (SSSR count). The molecule has 0 saturated carbocycles. The molecule has 0 atom stereocenters. The van der Waals surface area contributed by atoms with E-state index in [-0.39, 0.29) is 5.69 Å². The number of aromatic amines is 1. The summed E-state index contributed by atoms with van der Waals surface area (Å²) in [5.41, 5.74) is 1.44. The maximum Gasteiger partial charge on any atom is 0.353 e. The molecule has 0 saturated heterocycles. The molecule has 1 aromatic heterocycles. The van der Waals surface area contributed by atoms with E-state index in [1.807, 2.05) is 24.3 Å². The van der Waals surface area contributed by atoms with Crippen LogP contribution in [0.2, 0.25) is 0 Å². The smallest absolute Gasteiger partial charge is 0.353 e. The van der Waals surface area contributed by atoms with Gasteiger partial charge in [0.25, 0.3) is 0 Å². The standard InChI is InChI=1S/C12H9NO2S/c14-12(15)11-9(5-3-7-16)8-4-1-2-6-10(8)13-11/h1-2,4,6,13,16H,7H2,(H,14,15). The van der Waals surface area contributed by atoms with Gasteiger partial charge in [-0.15, -0.1) is 0 Å². The van der Waals surface area contributed by atoms with Gasteiger partial charge in [-0.1, -0.05) is 30.0 Å². The highest BCUT2D eigenvalue weighted by Crippen LogP contribution is 2.21. The molecule has 2 aromatic rings. The molecule has 1 aromatic carbocycles. The second-order valence-electron chi connectivity index (χ2n) is 3.19. The zero-order valence-corrected chi connectivity index (χ0v) is 9.21. The Morgan fingerprint density at radius 3 is 2.88 bits per heavy atom. The Labute approximate surface area is 97.9 Å². The number of thiol groups is 1. The number of carboxylic acid groups (broad SMARTS) is 1. The first-order chi connectivity index (χ1) is 7.74. The molecule has 0 aliphatic carbocycles. The van der Waals surface area contributed by atoms with Crippen molar-refractivity contribution in [2.24, 2.45) is 0 Å². The summed E-state index contributed by atoms with van der Waals surface area (Å²) >= 11 is 3.98. The quantitative estimate of drug-likeness (QED) is 0.520. The molecular formula is C12H9NO2S. The second kappa shape index (κ2) is 4.33. The molecular weight excluding hydrogens is 222 g/mol. The van der Waals surface area contributed by atoms with Crippen LogP contribution >= 0.6 is 12.6 Å². The average Bonchev–Trinajstić information content (AvgIpc) is 2.65. The van der Waals surface area contributed by atoms with Crippen molar-refractivity contribution in [2.75, 3.05) is 5.75 Å². The third-order valence-electron chi connectivity index (χ3n) is 2.21. The number of para-hydroxylation sites is 1. The molecule has 0 aliphatic rings. The first-order valence-electron chi connectivity index (χ1n) is 4.67. The minimum Gasteiger partial charge on any atom is -0.477 e. The Hall–Kier alpha value is -1.86. The predicted octanol–water partition coefficient (Wildman–Crippen LogP) is 2.15. The number of fused-ring (bicyclic) bond motifs is 1. The van der Waals surface area contributed by atoms with Crippen LogP contribution in [-0.2, 0) is 0 Å². The van der Waals surface area contributed by atoms with Crippen LogP contribution in [0.4, 0.5) is 0 Å². The first kappa shape index (κ1) is 10.7. The van der Waals surface area contributed by atoms with E-state index in [1.165, 1.54) is 0 Å². The monoisotopic (exact) mass is 231 g/mol. The second-order valence-corrected chi connectivity index (χ2v) is 3.50. The number of rotatable bonds is 1. The minimum absolute atomic E-state index is 0.135. The summed E-state index contributed by atoms with van der Waals surface area (Å²) in [7, 11) is 0. The SMILES string of the molecule is O=C(O)c1[nH]c2ccccc2c1C#CCS. The Balaban J connectivity index is 2.74. The maximum absolute atomic E-state index is 11.0. The third-order valence-corrected chi connectivity index (χ3v) is 2.37. The maximum atomic E-state index is 11.0. The van der Waals surface area contributed by atoms with E-state index in [0.717, 1.165) is 10.9 Å². The first-order valence-corrected chi connectivity index (χ1v) is 5.31. The molecule has 0 radical (unpaired) electrons. The molecule has 16 heavy (non-hydrogen) atoms. The van der Waals surface area contributed by atoms with Crippen LogP contribution in [0.25, 0.3) is 10.9 Å². The summed E-state index contributed by atoms with van der Waals surface area (Å²) < 4.78 is 0. The van der Waals surface area contributed by atoms with Gasteiger partial charge in [0.2, 0.25) is 0 Å². The van der Waals surface area contributed by atoms with E-state index in [0.29, 0.717) is 11.3 Å². The summed E-state index contributed by atoms with van der Waals surface area (Å²) in [5.74, 6) is 5.00. The number of aromatic nitrogens is 1. The molecule has 0 bridgehead atoms. The molecule has 0 spiro atoms. The molecule has 0 amide bonds. The van der Waals surface area contributed by atoms with E-state index in [1.54, 1.807) is 0 Å². The molecule has 2 N–H and O–H groups in total. The number of hydrogen-bond donors (Lipinski definition) is 3. The van der Waals surface area contributed by atoms with E-state index >= 15 is 0 Å².